The molecule has 1 fully saturated rings. The van der Waals surface area contributed by atoms with Crippen LogP contribution < -0.4 is 10.6 Å². The Labute approximate surface area is 82.5 Å². The van der Waals surface area contributed by atoms with Gasteiger partial charge in [0.05, 0.1) is 12.1 Å². The van der Waals surface area contributed by atoms with Crippen LogP contribution in [0.15, 0.2) is 16.9 Å². The molecule has 0 spiro atoms. The molecule has 0 aliphatic carbocycles. The SMILES string of the molecule is CC(N[C@@H]1CNC[C@H]1O)c1ccon1. The molecule has 1 aromatic rings. The summed E-state index contributed by atoms with van der Waals surface area (Å²) in [5.74, 6) is 0. The lowest BCUT2D eigenvalue weighted by Crippen LogP contribution is -2.40. The van der Waals surface area contributed by atoms with E-state index in [-0.39, 0.29) is 18.2 Å². The monoisotopic (exact) mass is 197 g/mol. The van der Waals surface area contributed by atoms with Gasteiger partial charge in [-0.2, -0.15) is 0 Å². The lowest BCUT2D eigenvalue weighted by molar-refractivity contribution is 0.157. The molecule has 0 aromatic carbocycles. The molecule has 5 heteroatoms. The maximum absolute atomic E-state index is 9.57. The van der Waals surface area contributed by atoms with Crippen LogP contribution in [0, 0.1) is 0 Å². The van der Waals surface area contributed by atoms with Gasteiger partial charge in [0.15, 0.2) is 0 Å². The number of aliphatic hydroxyl groups is 1. The second kappa shape index (κ2) is 4.08. The fraction of sp³-hybridized carbons (Fsp3) is 0.667. The van der Waals surface area contributed by atoms with Crippen molar-refractivity contribution in [3.8, 4) is 0 Å². The van der Waals surface area contributed by atoms with Crippen molar-refractivity contribution in [2.24, 2.45) is 0 Å². The van der Waals surface area contributed by atoms with Gasteiger partial charge in [0.1, 0.15) is 12.0 Å². The highest BCUT2D eigenvalue weighted by Gasteiger charge is 2.26. The topological polar surface area (TPSA) is 70.3 Å². The molecule has 2 heterocycles. The van der Waals surface area contributed by atoms with E-state index in [9.17, 15) is 5.11 Å². The zero-order valence-electron chi connectivity index (χ0n) is 8.10. The van der Waals surface area contributed by atoms with Crippen molar-refractivity contribution < 1.29 is 9.63 Å². The molecule has 0 radical (unpaired) electrons. The summed E-state index contributed by atoms with van der Waals surface area (Å²) in [5, 5.41) is 19.8. The smallest absolute Gasteiger partial charge is 0.124 e. The van der Waals surface area contributed by atoms with Crippen LogP contribution in [0.2, 0.25) is 0 Å². The predicted molar refractivity (Wildman–Crippen MR) is 50.7 cm³/mol. The number of hydrogen-bond donors (Lipinski definition) is 3. The lowest BCUT2D eigenvalue weighted by atomic mass is 10.1. The van der Waals surface area contributed by atoms with E-state index in [1.807, 2.05) is 13.0 Å². The Morgan fingerprint density at radius 3 is 3.14 bits per heavy atom. The van der Waals surface area contributed by atoms with Crippen molar-refractivity contribution in [3.63, 3.8) is 0 Å². The van der Waals surface area contributed by atoms with Gasteiger partial charge >= 0.3 is 0 Å². The van der Waals surface area contributed by atoms with Gasteiger partial charge in [-0.05, 0) is 6.92 Å². The number of β-amino-alcohol motifs (C(OH)–C–C–N with tert-alkyl or cyclic N) is 1. The molecular formula is C9H15N3O2. The van der Waals surface area contributed by atoms with Crippen LogP contribution in [0.4, 0.5) is 0 Å². The van der Waals surface area contributed by atoms with E-state index in [1.54, 1.807) is 6.26 Å². The second-order valence-electron chi connectivity index (χ2n) is 3.64. The Bertz CT molecular complexity index is 276. The predicted octanol–water partition coefficient (Wildman–Crippen LogP) is -0.342. The number of rotatable bonds is 3. The minimum absolute atomic E-state index is 0.0988. The van der Waals surface area contributed by atoms with Crippen molar-refractivity contribution in [2.45, 2.75) is 25.1 Å². The van der Waals surface area contributed by atoms with Gasteiger partial charge in [-0.3, -0.25) is 0 Å². The number of aromatic nitrogens is 1. The molecular weight excluding hydrogens is 182 g/mol. The Kier molecular flexibility index (Phi) is 2.81. The van der Waals surface area contributed by atoms with Crippen molar-refractivity contribution >= 4 is 0 Å². The van der Waals surface area contributed by atoms with E-state index < -0.39 is 0 Å². The molecule has 78 valence electrons. The highest BCUT2D eigenvalue weighted by molar-refractivity contribution is 5.03. The summed E-state index contributed by atoms with van der Waals surface area (Å²) in [4.78, 5) is 0. The maximum Gasteiger partial charge on any atom is 0.124 e. The first kappa shape index (κ1) is 9.64. The Hall–Kier alpha value is -0.910. The van der Waals surface area contributed by atoms with E-state index in [1.165, 1.54) is 0 Å². The molecule has 1 unspecified atom stereocenters. The quantitative estimate of drug-likeness (QED) is 0.618. The van der Waals surface area contributed by atoms with E-state index in [2.05, 4.69) is 15.8 Å². The summed E-state index contributed by atoms with van der Waals surface area (Å²) in [6.07, 6.45) is 1.24. The first-order valence-electron chi connectivity index (χ1n) is 4.82. The summed E-state index contributed by atoms with van der Waals surface area (Å²) in [6, 6.07) is 2.03. The van der Waals surface area contributed by atoms with Crippen molar-refractivity contribution in [1.29, 1.82) is 0 Å². The van der Waals surface area contributed by atoms with Crippen LogP contribution in [0.1, 0.15) is 18.7 Å². The van der Waals surface area contributed by atoms with Crippen molar-refractivity contribution in [3.05, 3.63) is 18.0 Å². The van der Waals surface area contributed by atoms with Gasteiger partial charge in [-0.15, -0.1) is 0 Å². The molecule has 1 aromatic heterocycles. The molecule has 3 N–H and O–H groups in total. The number of nitrogens with zero attached hydrogens (tertiary/aromatic N) is 1. The van der Waals surface area contributed by atoms with Gasteiger partial charge in [0.2, 0.25) is 0 Å². The Morgan fingerprint density at radius 1 is 1.71 bits per heavy atom. The summed E-state index contributed by atoms with van der Waals surface area (Å²) in [5.41, 5.74) is 0.865. The molecule has 0 amide bonds. The molecule has 3 atom stereocenters. The molecule has 2 rings (SSSR count). The normalized spacial score (nSPS) is 29.3. The summed E-state index contributed by atoms with van der Waals surface area (Å²) < 4.78 is 4.76. The van der Waals surface area contributed by atoms with E-state index in [4.69, 9.17) is 4.52 Å². The van der Waals surface area contributed by atoms with Crippen molar-refractivity contribution in [2.75, 3.05) is 13.1 Å². The lowest BCUT2D eigenvalue weighted by Gasteiger charge is -2.19. The minimum Gasteiger partial charge on any atom is -0.390 e. The third-order valence-electron chi connectivity index (χ3n) is 2.55. The highest BCUT2D eigenvalue weighted by Crippen LogP contribution is 2.11. The van der Waals surface area contributed by atoms with E-state index >= 15 is 0 Å². The molecule has 5 nitrogen and oxygen atoms in total. The van der Waals surface area contributed by atoms with Crippen LogP contribution in [-0.2, 0) is 0 Å². The zero-order chi connectivity index (χ0) is 9.97. The van der Waals surface area contributed by atoms with Gasteiger partial charge in [-0.25, -0.2) is 0 Å². The molecule has 1 aliphatic rings. The highest BCUT2D eigenvalue weighted by atomic mass is 16.5. The van der Waals surface area contributed by atoms with Gasteiger partial charge in [0.25, 0.3) is 0 Å². The number of nitrogens with one attached hydrogen (secondary N) is 2. The Morgan fingerprint density at radius 2 is 2.57 bits per heavy atom. The number of aliphatic hydroxyl groups excluding tert-OH is 1. The zero-order valence-corrected chi connectivity index (χ0v) is 8.10. The molecule has 0 bridgehead atoms. The van der Waals surface area contributed by atoms with Crippen LogP contribution in [0.5, 0.6) is 0 Å². The fourth-order valence-corrected chi connectivity index (χ4v) is 1.69. The first-order valence-corrected chi connectivity index (χ1v) is 4.82. The third kappa shape index (κ3) is 1.95. The van der Waals surface area contributed by atoms with Crippen LogP contribution in [-0.4, -0.2) is 35.5 Å². The maximum atomic E-state index is 9.57. The molecule has 1 aliphatic heterocycles. The standard InChI is InChI=1S/C9H15N3O2/c1-6(7-2-3-14-12-7)11-8-4-10-5-9(8)13/h2-3,6,8-11,13H,4-5H2,1H3/t6?,8-,9-/m1/s1. The van der Waals surface area contributed by atoms with Crippen LogP contribution in [0.3, 0.4) is 0 Å². The average Bonchev–Trinajstić information content (AvgIpc) is 2.77. The summed E-state index contributed by atoms with van der Waals surface area (Å²) in [7, 11) is 0. The van der Waals surface area contributed by atoms with Gasteiger partial charge in [0, 0.05) is 25.2 Å². The minimum atomic E-state index is -0.315. The van der Waals surface area contributed by atoms with E-state index in [0.29, 0.717) is 6.54 Å². The summed E-state index contributed by atoms with van der Waals surface area (Å²) in [6.45, 7) is 3.45. The molecule has 1 saturated heterocycles. The van der Waals surface area contributed by atoms with Gasteiger partial charge in [-0.1, -0.05) is 5.16 Å². The second-order valence-corrected chi connectivity index (χ2v) is 3.64. The third-order valence-corrected chi connectivity index (χ3v) is 2.55. The first-order chi connectivity index (χ1) is 6.77. The average molecular weight is 197 g/mol. The largest absolute Gasteiger partial charge is 0.390 e. The Balaban J connectivity index is 1.91. The number of hydrogen-bond acceptors (Lipinski definition) is 5. The van der Waals surface area contributed by atoms with Crippen LogP contribution >= 0.6 is 0 Å². The van der Waals surface area contributed by atoms with Crippen LogP contribution in [0.25, 0.3) is 0 Å². The molecule has 0 saturated carbocycles. The molecule has 14 heavy (non-hydrogen) atoms. The summed E-state index contributed by atoms with van der Waals surface area (Å²) >= 11 is 0. The fourth-order valence-electron chi connectivity index (χ4n) is 1.69. The van der Waals surface area contributed by atoms with Gasteiger partial charge < -0.3 is 20.3 Å². The van der Waals surface area contributed by atoms with Crippen molar-refractivity contribution in [1.82, 2.24) is 15.8 Å². The van der Waals surface area contributed by atoms with E-state index in [0.717, 1.165) is 12.2 Å².